The van der Waals surface area contributed by atoms with Gasteiger partial charge in [-0.15, -0.1) is 0 Å². The fraction of sp³-hybridized carbons (Fsp3) is 0.444. The quantitative estimate of drug-likeness (QED) is 0.627. The molecule has 2 atom stereocenters. The molecule has 1 aliphatic carbocycles. The Morgan fingerprint density at radius 3 is 2.00 bits per heavy atom. The Balaban J connectivity index is 2.66. The van der Waals surface area contributed by atoms with Crippen molar-refractivity contribution in [1.29, 1.82) is 0 Å². The van der Waals surface area contributed by atoms with E-state index >= 15 is 0 Å². The summed E-state index contributed by atoms with van der Waals surface area (Å²) in [7, 11) is 0. The average Bonchev–Trinajstić information content (AvgIpc) is 2.42. The first-order chi connectivity index (χ1) is 8.40. The Hall–Kier alpha value is -1.30. The Labute approximate surface area is 111 Å². The van der Waals surface area contributed by atoms with E-state index in [4.69, 9.17) is 0 Å². The molecule has 1 aromatic rings. The van der Waals surface area contributed by atoms with Crippen molar-refractivity contribution in [2.24, 2.45) is 5.92 Å². The molecule has 0 saturated carbocycles. The van der Waals surface area contributed by atoms with E-state index in [0.29, 0.717) is 5.92 Å². The molecule has 0 bridgehead atoms. The van der Waals surface area contributed by atoms with Crippen molar-refractivity contribution < 1.29 is 0 Å². The number of hydrogen-bond donors (Lipinski definition) is 0. The predicted octanol–water partition coefficient (Wildman–Crippen LogP) is 5.27. The minimum absolute atomic E-state index is 0.134. The van der Waals surface area contributed by atoms with E-state index in [9.17, 15) is 0 Å². The molecule has 96 valence electrons. The Kier molecular flexibility index (Phi) is 3.23. The summed E-state index contributed by atoms with van der Waals surface area (Å²) >= 11 is 0. The highest BCUT2D eigenvalue weighted by Crippen LogP contribution is 2.48. The molecule has 0 heteroatoms. The predicted molar refractivity (Wildman–Crippen MR) is 79.7 cm³/mol. The zero-order chi connectivity index (χ0) is 13.5. The van der Waals surface area contributed by atoms with Crippen LogP contribution in [0.2, 0.25) is 0 Å². The number of hydrogen-bond acceptors (Lipinski definition) is 0. The van der Waals surface area contributed by atoms with Crippen LogP contribution in [0.5, 0.6) is 0 Å². The van der Waals surface area contributed by atoms with Crippen LogP contribution in [0.1, 0.15) is 47.1 Å². The molecule has 0 aromatic heterocycles. The molecule has 0 heterocycles. The van der Waals surface area contributed by atoms with Crippen LogP contribution >= 0.6 is 0 Å². The Morgan fingerprint density at radius 1 is 0.889 bits per heavy atom. The maximum Gasteiger partial charge on any atom is 0.0199 e. The second-order valence-electron chi connectivity index (χ2n) is 5.85. The lowest BCUT2D eigenvalue weighted by Gasteiger charge is -2.43. The summed E-state index contributed by atoms with van der Waals surface area (Å²) in [6.45, 7) is 13.9. The first kappa shape index (κ1) is 13.1. The van der Waals surface area contributed by atoms with Crippen LogP contribution < -0.4 is 0 Å². The molecule has 0 nitrogen and oxygen atoms in total. The van der Waals surface area contributed by atoms with Crippen LogP contribution in [0.4, 0.5) is 0 Å². The Bertz CT molecular complexity index is 516. The van der Waals surface area contributed by atoms with E-state index in [-0.39, 0.29) is 5.41 Å². The molecular weight excluding hydrogens is 216 g/mol. The fourth-order valence-corrected chi connectivity index (χ4v) is 3.30. The molecule has 2 unspecified atom stereocenters. The summed E-state index contributed by atoms with van der Waals surface area (Å²) < 4.78 is 0. The average molecular weight is 240 g/mol. The summed E-state index contributed by atoms with van der Waals surface area (Å²) in [4.78, 5) is 0. The van der Waals surface area contributed by atoms with Gasteiger partial charge in [-0.2, -0.15) is 0 Å². The van der Waals surface area contributed by atoms with E-state index < -0.39 is 0 Å². The molecule has 0 fully saturated rings. The van der Waals surface area contributed by atoms with Crippen molar-refractivity contribution in [2.75, 3.05) is 0 Å². The molecule has 0 aliphatic heterocycles. The lowest BCUT2D eigenvalue weighted by Crippen LogP contribution is -2.36. The Morgan fingerprint density at radius 2 is 1.44 bits per heavy atom. The summed E-state index contributed by atoms with van der Waals surface area (Å²) in [5.74, 6) is 0.559. The zero-order valence-electron chi connectivity index (χ0n) is 12.5. The third kappa shape index (κ3) is 1.67. The van der Waals surface area contributed by atoms with Crippen molar-refractivity contribution >= 4 is 0 Å². The topological polar surface area (TPSA) is 0 Å². The maximum absolute atomic E-state index is 2.39. The summed E-state index contributed by atoms with van der Waals surface area (Å²) in [5, 5.41) is 0. The van der Waals surface area contributed by atoms with Gasteiger partial charge in [-0.05, 0) is 50.3 Å². The summed E-state index contributed by atoms with van der Waals surface area (Å²) in [6, 6.07) is 10.9. The van der Waals surface area contributed by atoms with Crippen molar-refractivity contribution in [2.45, 2.75) is 47.0 Å². The molecule has 0 amide bonds. The standard InChI is InChI=1S/C18H24/c1-12-13(2)15(4)18(6,16(5)14(12)3)17-10-8-7-9-11-17/h7-11,15H,1-6H3. The molecule has 18 heavy (non-hydrogen) atoms. The van der Waals surface area contributed by atoms with Crippen LogP contribution in [0.25, 0.3) is 0 Å². The SMILES string of the molecule is CC1=C(C)C(C)C(C)(c2ccccc2)C(C)=C1C. The van der Waals surface area contributed by atoms with E-state index in [0.717, 1.165) is 0 Å². The highest BCUT2D eigenvalue weighted by molar-refractivity contribution is 5.50. The van der Waals surface area contributed by atoms with Gasteiger partial charge in [0.1, 0.15) is 0 Å². The van der Waals surface area contributed by atoms with Gasteiger partial charge in [0.05, 0.1) is 0 Å². The molecule has 0 spiro atoms. The molecule has 2 rings (SSSR count). The lowest BCUT2D eigenvalue weighted by molar-refractivity contribution is 0.402. The third-order valence-corrected chi connectivity index (χ3v) is 5.38. The largest absolute Gasteiger partial charge is 0.0661 e. The zero-order valence-corrected chi connectivity index (χ0v) is 12.5. The van der Waals surface area contributed by atoms with Gasteiger partial charge in [0.15, 0.2) is 0 Å². The van der Waals surface area contributed by atoms with Gasteiger partial charge in [-0.3, -0.25) is 0 Å². The van der Waals surface area contributed by atoms with Gasteiger partial charge in [0.25, 0.3) is 0 Å². The number of benzene rings is 1. The molecule has 0 N–H and O–H groups in total. The molecule has 0 saturated heterocycles. The number of allylic oxidation sites excluding steroid dienone is 4. The minimum atomic E-state index is 0.134. The van der Waals surface area contributed by atoms with Gasteiger partial charge in [-0.25, -0.2) is 0 Å². The maximum atomic E-state index is 2.39. The lowest BCUT2D eigenvalue weighted by atomic mass is 9.60. The van der Waals surface area contributed by atoms with Gasteiger partial charge >= 0.3 is 0 Å². The van der Waals surface area contributed by atoms with E-state index in [1.165, 1.54) is 27.9 Å². The smallest absolute Gasteiger partial charge is 0.0199 e. The minimum Gasteiger partial charge on any atom is -0.0661 e. The molecule has 1 aliphatic rings. The van der Waals surface area contributed by atoms with Crippen molar-refractivity contribution in [3.63, 3.8) is 0 Å². The highest BCUT2D eigenvalue weighted by Gasteiger charge is 2.39. The molecular formula is C18H24. The van der Waals surface area contributed by atoms with Gasteiger partial charge in [0, 0.05) is 5.41 Å². The van der Waals surface area contributed by atoms with E-state index in [1.807, 2.05) is 0 Å². The molecule has 1 aromatic carbocycles. The van der Waals surface area contributed by atoms with Crippen LogP contribution in [-0.2, 0) is 5.41 Å². The molecule has 0 radical (unpaired) electrons. The van der Waals surface area contributed by atoms with Crippen molar-refractivity contribution in [3.05, 3.63) is 58.2 Å². The fourth-order valence-electron chi connectivity index (χ4n) is 3.30. The van der Waals surface area contributed by atoms with E-state index in [1.54, 1.807) is 0 Å². The van der Waals surface area contributed by atoms with E-state index in [2.05, 4.69) is 71.9 Å². The second kappa shape index (κ2) is 4.42. The first-order valence-corrected chi connectivity index (χ1v) is 6.82. The highest BCUT2D eigenvalue weighted by atomic mass is 14.4. The van der Waals surface area contributed by atoms with Crippen molar-refractivity contribution in [1.82, 2.24) is 0 Å². The number of rotatable bonds is 1. The second-order valence-corrected chi connectivity index (χ2v) is 5.85. The monoisotopic (exact) mass is 240 g/mol. The van der Waals surface area contributed by atoms with Crippen LogP contribution in [0, 0.1) is 5.92 Å². The van der Waals surface area contributed by atoms with Gasteiger partial charge in [-0.1, -0.05) is 55.3 Å². The third-order valence-electron chi connectivity index (χ3n) is 5.38. The van der Waals surface area contributed by atoms with Gasteiger partial charge < -0.3 is 0 Å². The van der Waals surface area contributed by atoms with Crippen LogP contribution in [0.3, 0.4) is 0 Å². The normalized spacial score (nSPS) is 28.9. The first-order valence-electron chi connectivity index (χ1n) is 6.82. The van der Waals surface area contributed by atoms with Crippen LogP contribution in [-0.4, -0.2) is 0 Å². The summed E-state index contributed by atoms with van der Waals surface area (Å²) in [5.41, 5.74) is 7.56. The van der Waals surface area contributed by atoms with Crippen LogP contribution in [0.15, 0.2) is 52.6 Å². The van der Waals surface area contributed by atoms with Gasteiger partial charge in [0.2, 0.25) is 0 Å². The summed E-state index contributed by atoms with van der Waals surface area (Å²) in [6.07, 6.45) is 0. The van der Waals surface area contributed by atoms with Crippen molar-refractivity contribution in [3.8, 4) is 0 Å².